The molecule has 5 rings (SSSR count). The number of benzene rings is 2. The van der Waals surface area contributed by atoms with Crippen LogP contribution in [0.25, 0.3) is 0 Å². The highest BCUT2D eigenvalue weighted by molar-refractivity contribution is 6.33. The number of amides is 1. The molecule has 0 spiro atoms. The number of carbonyl (C=O) groups is 2. The van der Waals surface area contributed by atoms with E-state index in [-0.39, 0.29) is 42.0 Å². The van der Waals surface area contributed by atoms with Crippen LogP contribution in [0, 0.1) is 11.3 Å². The lowest BCUT2D eigenvalue weighted by atomic mass is 9.37. The SMILES string of the molecule is C[C@H]([C@H](C(=O)Nc1cc(C(CC(=O)O)C23CC(F)(C2)C3)ccc1Cl)c1ccc(Cl)cc1)C(F)(F)F. The molecule has 0 saturated heterocycles. The van der Waals surface area contributed by atoms with E-state index in [0.717, 1.165) is 6.92 Å². The monoisotopic (exact) mass is 531 g/mol. The topological polar surface area (TPSA) is 66.4 Å². The molecule has 3 aliphatic rings. The molecular weight excluding hydrogens is 509 g/mol. The maximum absolute atomic E-state index is 14.2. The molecule has 188 valence electrons. The van der Waals surface area contributed by atoms with Crippen LogP contribution >= 0.6 is 23.2 Å². The Morgan fingerprint density at radius 3 is 2.14 bits per heavy atom. The van der Waals surface area contributed by atoms with Crippen molar-refractivity contribution in [3.63, 3.8) is 0 Å². The maximum Gasteiger partial charge on any atom is 0.392 e. The molecule has 35 heavy (non-hydrogen) atoms. The number of halogens is 6. The van der Waals surface area contributed by atoms with E-state index in [2.05, 4.69) is 5.32 Å². The number of anilines is 1. The average Bonchev–Trinajstić information content (AvgIpc) is 2.71. The van der Waals surface area contributed by atoms with Gasteiger partial charge in [-0.05, 0) is 60.1 Å². The Hall–Kier alpha value is -2.32. The van der Waals surface area contributed by atoms with Crippen molar-refractivity contribution >= 4 is 40.8 Å². The van der Waals surface area contributed by atoms with Crippen molar-refractivity contribution in [3.8, 4) is 0 Å². The van der Waals surface area contributed by atoms with Crippen LogP contribution in [0.1, 0.15) is 55.6 Å². The summed E-state index contributed by atoms with van der Waals surface area (Å²) in [4.78, 5) is 24.7. The number of hydrogen-bond donors (Lipinski definition) is 2. The lowest BCUT2D eigenvalue weighted by Crippen LogP contribution is -2.66. The van der Waals surface area contributed by atoms with E-state index < -0.39 is 46.9 Å². The number of alkyl halides is 4. The molecule has 0 heterocycles. The standard InChI is InChI=1S/C25H23Cl2F4NO3/c1-13(25(29,30)31)21(14-2-5-16(26)6-3-14)22(35)32-19-8-15(4-7-18(19)27)17(9-20(33)34)23-10-24(28,11-23)12-23/h2-8,13,17,21H,9-12H2,1H3,(H,32,35)(H,33,34)/t13-,17?,21+,23?,24?/m1/s1. The van der Waals surface area contributed by atoms with Gasteiger partial charge in [0.05, 0.1) is 29.0 Å². The summed E-state index contributed by atoms with van der Waals surface area (Å²) in [6.07, 6.45) is -4.08. The summed E-state index contributed by atoms with van der Waals surface area (Å²) in [5.74, 6) is -6.06. The predicted octanol–water partition coefficient (Wildman–Crippen LogP) is 7.36. The molecule has 3 saturated carbocycles. The second kappa shape index (κ2) is 8.96. The highest BCUT2D eigenvalue weighted by atomic mass is 35.5. The molecule has 4 nitrogen and oxygen atoms in total. The third-order valence-electron chi connectivity index (χ3n) is 7.30. The molecule has 0 aliphatic heterocycles. The Bertz CT molecular complexity index is 1130. The van der Waals surface area contributed by atoms with Gasteiger partial charge in [-0.1, -0.05) is 48.3 Å². The number of carbonyl (C=O) groups excluding carboxylic acids is 1. The van der Waals surface area contributed by atoms with Gasteiger partial charge in [-0.25, -0.2) is 4.39 Å². The Morgan fingerprint density at radius 2 is 1.63 bits per heavy atom. The number of carboxylic acid groups (broad SMARTS) is 1. The van der Waals surface area contributed by atoms with Crippen molar-refractivity contribution in [1.82, 2.24) is 0 Å². The van der Waals surface area contributed by atoms with E-state index in [0.29, 0.717) is 10.6 Å². The summed E-state index contributed by atoms with van der Waals surface area (Å²) in [6, 6.07) is 10.1. The third-order valence-corrected chi connectivity index (χ3v) is 7.88. The molecule has 2 aromatic rings. The van der Waals surface area contributed by atoms with Crippen LogP contribution in [-0.4, -0.2) is 28.8 Å². The van der Waals surface area contributed by atoms with Crippen molar-refractivity contribution in [1.29, 1.82) is 0 Å². The Balaban J connectivity index is 1.64. The fraction of sp³-hybridized carbons (Fsp3) is 0.440. The summed E-state index contributed by atoms with van der Waals surface area (Å²) in [7, 11) is 0. The lowest BCUT2D eigenvalue weighted by Gasteiger charge is -2.69. The van der Waals surface area contributed by atoms with E-state index >= 15 is 0 Å². The van der Waals surface area contributed by atoms with Crippen LogP contribution in [0.3, 0.4) is 0 Å². The van der Waals surface area contributed by atoms with E-state index in [1.807, 2.05) is 0 Å². The largest absolute Gasteiger partial charge is 0.481 e. The normalized spacial score (nSPS) is 25.6. The van der Waals surface area contributed by atoms with Crippen LogP contribution in [0.2, 0.25) is 10.0 Å². The summed E-state index contributed by atoms with van der Waals surface area (Å²) < 4.78 is 55.0. The van der Waals surface area contributed by atoms with Crippen LogP contribution < -0.4 is 5.32 Å². The van der Waals surface area contributed by atoms with Gasteiger partial charge in [0, 0.05) is 10.9 Å². The lowest BCUT2D eigenvalue weighted by molar-refractivity contribution is -0.228. The van der Waals surface area contributed by atoms with Crippen molar-refractivity contribution in [2.45, 2.75) is 56.3 Å². The second-order valence-corrected chi connectivity index (χ2v) is 10.6. The molecule has 0 aromatic heterocycles. The Labute approximate surface area is 209 Å². The number of aliphatic carboxylic acids is 1. The quantitative estimate of drug-likeness (QED) is 0.349. The molecule has 3 aliphatic carbocycles. The minimum atomic E-state index is -4.65. The first-order chi connectivity index (χ1) is 16.2. The minimum Gasteiger partial charge on any atom is -0.481 e. The molecule has 1 unspecified atom stereocenters. The Morgan fingerprint density at radius 1 is 1.06 bits per heavy atom. The zero-order chi connectivity index (χ0) is 25.8. The fourth-order valence-electron chi connectivity index (χ4n) is 5.56. The average molecular weight is 532 g/mol. The van der Waals surface area contributed by atoms with Crippen molar-refractivity contribution in [3.05, 3.63) is 63.6 Å². The van der Waals surface area contributed by atoms with E-state index in [1.54, 1.807) is 6.07 Å². The van der Waals surface area contributed by atoms with Gasteiger partial charge < -0.3 is 10.4 Å². The number of nitrogens with one attached hydrogen (secondary N) is 1. The van der Waals surface area contributed by atoms with Gasteiger partial charge in [0.15, 0.2) is 0 Å². The molecule has 2 bridgehead atoms. The number of hydrogen-bond acceptors (Lipinski definition) is 2. The van der Waals surface area contributed by atoms with Crippen LogP contribution in [0.4, 0.5) is 23.2 Å². The molecule has 3 atom stereocenters. The van der Waals surface area contributed by atoms with Gasteiger partial charge in [0.2, 0.25) is 5.91 Å². The van der Waals surface area contributed by atoms with Gasteiger partial charge >= 0.3 is 12.1 Å². The van der Waals surface area contributed by atoms with Crippen molar-refractivity contribution < 1.29 is 32.3 Å². The van der Waals surface area contributed by atoms with Gasteiger partial charge in [0.25, 0.3) is 0 Å². The predicted molar refractivity (Wildman–Crippen MR) is 125 cm³/mol. The molecule has 2 aromatic carbocycles. The molecule has 2 N–H and O–H groups in total. The minimum absolute atomic E-state index is 0.0689. The first-order valence-corrected chi connectivity index (χ1v) is 11.8. The highest BCUT2D eigenvalue weighted by Gasteiger charge is 2.71. The first kappa shape index (κ1) is 25.8. The van der Waals surface area contributed by atoms with Crippen LogP contribution in [0.15, 0.2) is 42.5 Å². The number of rotatable bonds is 8. The second-order valence-electron chi connectivity index (χ2n) is 9.78. The summed E-state index contributed by atoms with van der Waals surface area (Å²) in [5, 5.41) is 12.3. The van der Waals surface area contributed by atoms with Crippen molar-refractivity contribution in [2.24, 2.45) is 11.3 Å². The zero-order valence-electron chi connectivity index (χ0n) is 18.6. The molecule has 0 radical (unpaired) electrons. The summed E-state index contributed by atoms with van der Waals surface area (Å²) in [5.41, 5.74) is -0.964. The van der Waals surface area contributed by atoms with Gasteiger partial charge in [-0.3, -0.25) is 9.59 Å². The van der Waals surface area contributed by atoms with Crippen LogP contribution in [-0.2, 0) is 9.59 Å². The third kappa shape index (κ3) is 5.00. The number of carboxylic acids is 1. The smallest absolute Gasteiger partial charge is 0.392 e. The van der Waals surface area contributed by atoms with E-state index in [1.165, 1.54) is 36.4 Å². The van der Waals surface area contributed by atoms with Gasteiger partial charge in [0.1, 0.15) is 5.67 Å². The summed E-state index contributed by atoms with van der Waals surface area (Å²) in [6.45, 7) is 0.926. The van der Waals surface area contributed by atoms with E-state index in [9.17, 15) is 32.3 Å². The van der Waals surface area contributed by atoms with Crippen LogP contribution in [0.5, 0.6) is 0 Å². The molecule has 10 heteroatoms. The fourth-order valence-corrected chi connectivity index (χ4v) is 5.85. The first-order valence-electron chi connectivity index (χ1n) is 11.1. The highest BCUT2D eigenvalue weighted by Crippen LogP contribution is 2.75. The maximum atomic E-state index is 14.2. The van der Waals surface area contributed by atoms with Gasteiger partial charge in [-0.2, -0.15) is 13.2 Å². The van der Waals surface area contributed by atoms with E-state index in [4.69, 9.17) is 23.2 Å². The molecular formula is C25H23Cl2F4NO3. The van der Waals surface area contributed by atoms with Gasteiger partial charge in [-0.15, -0.1) is 0 Å². The zero-order valence-corrected chi connectivity index (χ0v) is 20.1. The Kier molecular flexibility index (Phi) is 6.60. The molecule has 1 amide bonds. The summed E-state index contributed by atoms with van der Waals surface area (Å²) >= 11 is 12.1. The molecule has 3 fully saturated rings. The van der Waals surface area contributed by atoms with Crippen molar-refractivity contribution in [2.75, 3.05) is 5.32 Å².